The van der Waals surface area contributed by atoms with Crippen molar-refractivity contribution in [3.63, 3.8) is 0 Å². The van der Waals surface area contributed by atoms with Crippen molar-refractivity contribution >= 4 is 23.4 Å². The van der Waals surface area contributed by atoms with Gasteiger partial charge in [-0.2, -0.15) is 9.37 Å². The standard InChI is InChI=1S/C24H30FN7O/c1-6-12-28-21-17(16-30-23(32-21)31-18-9-13-27-20(25)15-18)8-10-24(3,4)11-14-29-22(33)19(7-2)26-5/h2,9,13,15-16,19,26H,6,11-12,14H2,1,3-5H3,(H,29,33)(H2,27,28,30,31,32)/t19-/m0/s1. The van der Waals surface area contributed by atoms with E-state index in [-0.39, 0.29) is 11.3 Å². The van der Waals surface area contributed by atoms with E-state index >= 15 is 0 Å². The predicted molar refractivity (Wildman–Crippen MR) is 128 cm³/mol. The number of anilines is 3. The van der Waals surface area contributed by atoms with Crippen molar-refractivity contribution in [2.45, 2.75) is 39.7 Å². The summed E-state index contributed by atoms with van der Waals surface area (Å²) in [5.74, 6) is 8.87. The van der Waals surface area contributed by atoms with E-state index in [2.05, 4.69) is 60.9 Å². The Kier molecular flexibility index (Phi) is 9.59. The van der Waals surface area contributed by atoms with E-state index in [0.717, 1.165) is 6.42 Å². The van der Waals surface area contributed by atoms with E-state index in [1.807, 2.05) is 13.8 Å². The number of hydrogen-bond acceptors (Lipinski definition) is 7. The second kappa shape index (κ2) is 12.4. The van der Waals surface area contributed by atoms with Crippen LogP contribution >= 0.6 is 0 Å². The molecule has 0 bridgehead atoms. The highest BCUT2D eigenvalue weighted by Crippen LogP contribution is 2.21. The summed E-state index contributed by atoms with van der Waals surface area (Å²) in [7, 11) is 1.64. The molecule has 1 atom stereocenters. The summed E-state index contributed by atoms with van der Waals surface area (Å²) in [6.45, 7) is 7.21. The third-order valence-corrected chi connectivity index (χ3v) is 4.62. The van der Waals surface area contributed by atoms with Gasteiger partial charge < -0.3 is 16.0 Å². The Morgan fingerprint density at radius 3 is 2.76 bits per heavy atom. The molecule has 4 N–H and O–H groups in total. The first-order chi connectivity index (χ1) is 15.8. The van der Waals surface area contributed by atoms with Crippen LogP contribution < -0.4 is 21.3 Å². The lowest BCUT2D eigenvalue weighted by Crippen LogP contribution is -2.42. The summed E-state index contributed by atoms with van der Waals surface area (Å²) in [6, 6.07) is 2.24. The quantitative estimate of drug-likeness (QED) is 0.325. The molecule has 8 nitrogen and oxygen atoms in total. The number of rotatable bonds is 10. The smallest absolute Gasteiger partial charge is 0.249 e. The fraction of sp³-hybridized carbons (Fsp3) is 0.417. The number of carbonyl (C=O) groups is 1. The monoisotopic (exact) mass is 451 g/mol. The highest BCUT2D eigenvalue weighted by Gasteiger charge is 2.17. The van der Waals surface area contributed by atoms with Gasteiger partial charge in [-0.05, 0) is 39.8 Å². The first kappa shape index (κ1) is 25.6. The zero-order chi connectivity index (χ0) is 24.3. The van der Waals surface area contributed by atoms with Crippen LogP contribution in [-0.4, -0.2) is 47.0 Å². The number of hydrogen-bond donors (Lipinski definition) is 4. The fourth-order valence-corrected chi connectivity index (χ4v) is 2.71. The van der Waals surface area contributed by atoms with Gasteiger partial charge in [0, 0.05) is 36.5 Å². The van der Waals surface area contributed by atoms with Crippen LogP contribution in [0.5, 0.6) is 0 Å². The number of pyridine rings is 1. The summed E-state index contributed by atoms with van der Waals surface area (Å²) >= 11 is 0. The second-order valence-corrected chi connectivity index (χ2v) is 7.94. The largest absolute Gasteiger partial charge is 0.369 e. The number of amides is 1. The van der Waals surface area contributed by atoms with Gasteiger partial charge >= 0.3 is 0 Å². The lowest BCUT2D eigenvalue weighted by Gasteiger charge is -2.18. The topological polar surface area (TPSA) is 104 Å². The van der Waals surface area contributed by atoms with Crippen molar-refractivity contribution in [3.8, 4) is 24.2 Å². The average Bonchev–Trinajstić information content (AvgIpc) is 2.77. The first-order valence-corrected chi connectivity index (χ1v) is 10.7. The van der Waals surface area contributed by atoms with Crippen LogP contribution in [0.2, 0.25) is 0 Å². The molecule has 2 aromatic rings. The third kappa shape index (κ3) is 8.40. The summed E-state index contributed by atoms with van der Waals surface area (Å²) in [5, 5.41) is 11.8. The Labute approximate surface area is 194 Å². The molecule has 1 amide bonds. The Hall–Kier alpha value is -3.69. The highest BCUT2D eigenvalue weighted by molar-refractivity contribution is 5.84. The van der Waals surface area contributed by atoms with E-state index in [9.17, 15) is 9.18 Å². The molecule has 2 heterocycles. The van der Waals surface area contributed by atoms with Gasteiger partial charge in [-0.25, -0.2) is 9.97 Å². The normalized spacial score (nSPS) is 11.5. The van der Waals surface area contributed by atoms with Gasteiger partial charge in [-0.1, -0.05) is 24.7 Å². The van der Waals surface area contributed by atoms with Crippen LogP contribution in [0.25, 0.3) is 0 Å². The Morgan fingerprint density at radius 2 is 2.09 bits per heavy atom. The van der Waals surface area contributed by atoms with Crippen LogP contribution in [0, 0.1) is 35.5 Å². The summed E-state index contributed by atoms with van der Waals surface area (Å²) in [5.41, 5.74) is 0.775. The summed E-state index contributed by atoms with van der Waals surface area (Å²) < 4.78 is 13.3. The lowest BCUT2D eigenvalue weighted by atomic mass is 9.90. The predicted octanol–water partition coefficient (Wildman–Crippen LogP) is 2.68. The van der Waals surface area contributed by atoms with Crippen LogP contribution in [0.15, 0.2) is 24.5 Å². The van der Waals surface area contributed by atoms with Crippen molar-refractivity contribution in [3.05, 3.63) is 36.0 Å². The number of nitrogens with one attached hydrogen (secondary N) is 4. The molecular formula is C24H30FN7O. The van der Waals surface area contributed by atoms with Gasteiger partial charge in [-0.15, -0.1) is 6.42 Å². The van der Waals surface area contributed by atoms with Gasteiger partial charge in [-0.3, -0.25) is 10.1 Å². The van der Waals surface area contributed by atoms with Gasteiger partial charge in [0.15, 0.2) is 0 Å². The first-order valence-electron chi connectivity index (χ1n) is 10.7. The zero-order valence-corrected chi connectivity index (χ0v) is 19.4. The van der Waals surface area contributed by atoms with Gasteiger partial charge in [0.25, 0.3) is 0 Å². The summed E-state index contributed by atoms with van der Waals surface area (Å²) in [4.78, 5) is 24.3. The molecule has 2 aromatic heterocycles. The molecule has 174 valence electrons. The molecule has 0 aromatic carbocycles. The molecule has 0 radical (unpaired) electrons. The number of terminal acetylenes is 1. The Balaban J connectivity index is 2.11. The Morgan fingerprint density at radius 1 is 1.30 bits per heavy atom. The van der Waals surface area contributed by atoms with Gasteiger partial charge in [0.2, 0.25) is 17.8 Å². The van der Waals surface area contributed by atoms with Crippen LogP contribution in [0.4, 0.5) is 21.8 Å². The maximum Gasteiger partial charge on any atom is 0.249 e. The van der Waals surface area contributed by atoms with Crippen molar-refractivity contribution < 1.29 is 9.18 Å². The zero-order valence-electron chi connectivity index (χ0n) is 19.4. The van der Waals surface area contributed by atoms with Crippen molar-refractivity contribution in [1.29, 1.82) is 0 Å². The van der Waals surface area contributed by atoms with E-state index in [4.69, 9.17) is 6.42 Å². The minimum absolute atomic E-state index is 0.236. The summed E-state index contributed by atoms with van der Waals surface area (Å²) in [6.07, 6.45) is 9.86. The van der Waals surface area contributed by atoms with Crippen molar-refractivity contribution in [2.75, 3.05) is 30.8 Å². The molecule has 0 aliphatic heterocycles. The van der Waals surface area contributed by atoms with Gasteiger partial charge in [0.1, 0.15) is 11.9 Å². The number of likely N-dealkylation sites (N-methyl/N-ethyl adjacent to an activating group) is 1. The molecule has 0 fully saturated rings. The highest BCUT2D eigenvalue weighted by atomic mass is 19.1. The maximum absolute atomic E-state index is 13.3. The van der Waals surface area contributed by atoms with Crippen molar-refractivity contribution in [2.24, 2.45) is 5.41 Å². The van der Waals surface area contributed by atoms with Gasteiger partial charge in [0.05, 0.1) is 11.8 Å². The fourth-order valence-electron chi connectivity index (χ4n) is 2.71. The molecule has 0 saturated heterocycles. The number of nitrogens with zero attached hydrogens (tertiary/aromatic N) is 3. The van der Waals surface area contributed by atoms with E-state index < -0.39 is 12.0 Å². The Bertz CT molecular complexity index is 1050. The molecule has 0 aliphatic carbocycles. The SMILES string of the molecule is C#C[C@H](NC)C(=O)NCCC(C)(C)C#Cc1cnc(Nc2ccnc(F)c2)nc1NCCC. The van der Waals surface area contributed by atoms with E-state index in [1.54, 1.807) is 19.3 Å². The lowest BCUT2D eigenvalue weighted by molar-refractivity contribution is -0.121. The number of carbonyl (C=O) groups excluding carboxylic acids is 1. The third-order valence-electron chi connectivity index (χ3n) is 4.62. The molecule has 33 heavy (non-hydrogen) atoms. The van der Waals surface area contributed by atoms with Crippen LogP contribution in [-0.2, 0) is 4.79 Å². The van der Waals surface area contributed by atoms with Crippen LogP contribution in [0.1, 0.15) is 39.2 Å². The number of halogens is 1. The van der Waals surface area contributed by atoms with Crippen LogP contribution in [0.3, 0.4) is 0 Å². The molecule has 0 aliphatic rings. The molecule has 0 unspecified atom stereocenters. The number of aromatic nitrogens is 3. The average molecular weight is 452 g/mol. The second-order valence-electron chi connectivity index (χ2n) is 7.94. The van der Waals surface area contributed by atoms with E-state index in [1.165, 1.54) is 12.3 Å². The molecule has 2 rings (SSSR count). The molecule has 0 spiro atoms. The molecule has 0 saturated carbocycles. The molecule has 9 heteroatoms. The minimum Gasteiger partial charge on any atom is -0.369 e. The van der Waals surface area contributed by atoms with E-state index in [0.29, 0.717) is 42.5 Å². The maximum atomic E-state index is 13.3. The minimum atomic E-state index is -0.653. The molecular weight excluding hydrogens is 421 g/mol. The van der Waals surface area contributed by atoms with Crippen molar-refractivity contribution in [1.82, 2.24) is 25.6 Å².